The molecule has 2 N–H and O–H groups in total. The molecule has 4 heteroatoms. The summed E-state index contributed by atoms with van der Waals surface area (Å²) in [5, 5.41) is 0.655. The third kappa shape index (κ3) is 4.86. The van der Waals surface area contributed by atoms with E-state index >= 15 is 0 Å². The Kier molecular flexibility index (Phi) is 6.61. The number of hydrogen-bond donors (Lipinski definition) is 1. The van der Waals surface area contributed by atoms with E-state index in [2.05, 4.69) is 50.2 Å². The topological polar surface area (TPSA) is 44.5 Å². The van der Waals surface area contributed by atoms with Gasteiger partial charge in [-0.15, -0.1) is 0 Å². The van der Waals surface area contributed by atoms with Crippen molar-refractivity contribution in [1.29, 1.82) is 0 Å². The number of nitrogens with two attached hydrogens (primary N) is 1. The fraction of sp³-hybridized carbons (Fsp3) is 0.250. The maximum atomic E-state index is 5.98. The second-order valence-electron chi connectivity index (χ2n) is 7.17. The van der Waals surface area contributed by atoms with Gasteiger partial charge in [-0.3, -0.25) is 0 Å². The van der Waals surface area contributed by atoms with E-state index in [4.69, 9.17) is 26.8 Å². The van der Waals surface area contributed by atoms with Crippen LogP contribution in [0.25, 0.3) is 0 Å². The quantitative estimate of drug-likeness (QED) is 0.506. The summed E-state index contributed by atoms with van der Waals surface area (Å²) in [5.74, 6) is 1.57. The maximum absolute atomic E-state index is 5.98. The molecule has 0 spiro atoms. The third-order valence-electron chi connectivity index (χ3n) is 4.92. The Bertz CT molecular complexity index is 892. The molecule has 0 atom stereocenters. The standard InChI is InChI=1S/C24H26ClNO2/c1-24(2,19-6-4-3-5-7-19)20-8-11-22(12-9-20)27-14-15-28-23-13-10-21(25)16-18(23)17-26/h3-13,16H,14-15,17,26H2,1-2H3. The molecule has 0 aromatic heterocycles. The van der Waals surface area contributed by atoms with Gasteiger partial charge in [-0.1, -0.05) is 67.9 Å². The van der Waals surface area contributed by atoms with Crippen molar-refractivity contribution in [3.05, 3.63) is 94.5 Å². The Hall–Kier alpha value is -2.49. The first-order valence-corrected chi connectivity index (χ1v) is 9.78. The lowest BCUT2D eigenvalue weighted by Gasteiger charge is -2.26. The van der Waals surface area contributed by atoms with Crippen LogP contribution in [-0.2, 0) is 12.0 Å². The molecule has 0 amide bonds. The van der Waals surface area contributed by atoms with Gasteiger partial charge < -0.3 is 15.2 Å². The fourth-order valence-corrected chi connectivity index (χ4v) is 3.34. The molecule has 0 aliphatic heterocycles. The molecule has 3 aromatic carbocycles. The predicted octanol–water partition coefficient (Wildman–Crippen LogP) is 5.58. The number of hydrogen-bond acceptors (Lipinski definition) is 3. The molecular weight excluding hydrogens is 370 g/mol. The molecule has 3 aromatic rings. The molecule has 3 nitrogen and oxygen atoms in total. The minimum Gasteiger partial charge on any atom is -0.490 e. The summed E-state index contributed by atoms with van der Waals surface area (Å²) in [6, 6.07) is 24.2. The predicted molar refractivity (Wildman–Crippen MR) is 115 cm³/mol. The Morgan fingerprint density at radius 2 is 1.46 bits per heavy atom. The van der Waals surface area contributed by atoms with Crippen molar-refractivity contribution in [2.45, 2.75) is 25.8 Å². The van der Waals surface area contributed by atoms with Gasteiger partial charge in [0.1, 0.15) is 24.7 Å². The first-order valence-electron chi connectivity index (χ1n) is 9.41. The van der Waals surface area contributed by atoms with Crippen molar-refractivity contribution in [1.82, 2.24) is 0 Å². The zero-order valence-electron chi connectivity index (χ0n) is 16.3. The molecule has 0 radical (unpaired) electrons. The second-order valence-corrected chi connectivity index (χ2v) is 7.60. The highest BCUT2D eigenvalue weighted by atomic mass is 35.5. The van der Waals surface area contributed by atoms with Crippen LogP contribution >= 0.6 is 11.6 Å². The van der Waals surface area contributed by atoms with Gasteiger partial charge >= 0.3 is 0 Å². The smallest absolute Gasteiger partial charge is 0.124 e. The van der Waals surface area contributed by atoms with Crippen LogP contribution in [0.3, 0.4) is 0 Å². The molecule has 3 rings (SSSR count). The lowest BCUT2D eigenvalue weighted by atomic mass is 9.78. The monoisotopic (exact) mass is 395 g/mol. The Balaban J connectivity index is 1.55. The SMILES string of the molecule is CC(C)(c1ccccc1)c1ccc(OCCOc2ccc(Cl)cc2CN)cc1. The van der Waals surface area contributed by atoms with Crippen molar-refractivity contribution >= 4 is 11.6 Å². The van der Waals surface area contributed by atoms with Gasteiger partial charge in [-0.05, 0) is 41.5 Å². The zero-order chi connectivity index (χ0) is 20.0. The van der Waals surface area contributed by atoms with E-state index in [0.29, 0.717) is 24.8 Å². The average Bonchev–Trinajstić information content (AvgIpc) is 2.73. The maximum Gasteiger partial charge on any atom is 0.124 e. The zero-order valence-corrected chi connectivity index (χ0v) is 17.1. The van der Waals surface area contributed by atoms with Crippen LogP contribution < -0.4 is 15.2 Å². The summed E-state index contributed by atoms with van der Waals surface area (Å²) in [6.45, 7) is 5.73. The van der Waals surface area contributed by atoms with E-state index in [0.717, 1.165) is 17.1 Å². The summed E-state index contributed by atoms with van der Waals surface area (Å²) < 4.78 is 11.6. The number of rotatable bonds is 8. The molecule has 0 aliphatic carbocycles. The van der Waals surface area contributed by atoms with Crippen LogP contribution in [0.5, 0.6) is 11.5 Å². The van der Waals surface area contributed by atoms with E-state index in [1.807, 2.05) is 30.3 Å². The van der Waals surface area contributed by atoms with Crippen LogP contribution in [0.1, 0.15) is 30.5 Å². The molecule has 0 fully saturated rings. The average molecular weight is 396 g/mol. The van der Waals surface area contributed by atoms with Crippen LogP contribution in [0.15, 0.2) is 72.8 Å². The highest BCUT2D eigenvalue weighted by molar-refractivity contribution is 6.30. The summed E-state index contributed by atoms with van der Waals surface area (Å²) in [5.41, 5.74) is 9.10. The van der Waals surface area contributed by atoms with Crippen molar-refractivity contribution in [2.75, 3.05) is 13.2 Å². The summed E-state index contributed by atoms with van der Waals surface area (Å²) in [4.78, 5) is 0. The Morgan fingerprint density at radius 1 is 0.821 bits per heavy atom. The van der Waals surface area contributed by atoms with Gasteiger partial charge in [-0.25, -0.2) is 0 Å². The Morgan fingerprint density at radius 3 is 2.14 bits per heavy atom. The molecular formula is C24H26ClNO2. The van der Waals surface area contributed by atoms with E-state index in [9.17, 15) is 0 Å². The van der Waals surface area contributed by atoms with Gasteiger partial charge in [-0.2, -0.15) is 0 Å². The van der Waals surface area contributed by atoms with E-state index in [1.165, 1.54) is 11.1 Å². The molecule has 28 heavy (non-hydrogen) atoms. The minimum absolute atomic E-state index is 0.0594. The lowest BCUT2D eigenvalue weighted by Crippen LogP contribution is -2.18. The fourth-order valence-electron chi connectivity index (χ4n) is 3.15. The van der Waals surface area contributed by atoms with E-state index in [1.54, 1.807) is 6.07 Å². The largest absolute Gasteiger partial charge is 0.490 e. The minimum atomic E-state index is -0.0594. The number of benzene rings is 3. The molecule has 0 saturated carbocycles. The molecule has 0 bridgehead atoms. The third-order valence-corrected chi connectivity index (χ3v) is 5.16. The first kappa shape index (κ1) is 20.2. The van der Waals surface area contributed by atoms with E-state index < -0.39 is 0 Å². The van der Waals surface area contributed by atoms with Crippen LogP contribution in [0, 0.1) is 0 Å². The van der Waals surface area contributed by atoms with Gasteiger partial charge in [0.25, 0.3) is 0 Å². The summed E-state index contributed by atoms with van der Waals surface area (Å²) >= 11 is 5.98. The van der Waals surface area contributed by atoms with E-state index in [-0.39, 0.29) is 5.41 Å². The van der Waals surface area contributed by atoms with Gasteiger partial charge in [0.15, 0.2) is 0 Å². The highest BCUT2D eigenvalue weighted by Gasteiger charge is 2.22. The molecule has 0 heterocycles. The first-order chi connectivity index (χ1) is 13.5. The van der Waals surface area contributed by atoms with Crippen molar-refractivity contribution < 1.29 is 9.47 Å². The summed E-state index contributed by atoms with van der Waals surface area (Å²) in [6.07, 6.45) is 0. The van der Waals surface area contributed by atoms with Crippen LogP contribution in [-0.4, -0.2) is 13.2 Å². The number of halogens is 1. The molecule has 0 aliphatic rings. The van der Waals surface area contributed by atoms with Crippen molar-refractivity contribution in [2.24, 2.45) is 5.73 Å². The van der Waals surface area contributed by atoms with Gasteiger partial charge in [0, 0.05) is 22.5 Å². The highest BCUT2D eigenvalue weighted by Crippen LogP contribution is 2.32. The summed E-state index contributed by atoms with van der Waals surface area (Å²) in [7, 11) is 0. The van der Waals surface area contributed by atoms with Crippen LogP contribution in [0.2, 0.25) is 5.02 Å². The Labute approximate surface area is 172 Å². The van der Waals surface area contributed by atoms with Gasteiger partial charge in [0.05, 0.1) is 0 Å². The normalized spacial score (nSPS) is 11.3. The van der Waals surface area contributed by atoms with Crippen molar-refractivity contribution in [3.8, 4) is 11.5 Å². The second kappa shape index (κ2) is 9.13. The van der Waals surface area contributed by atoms with Crippen molar-refractivity contribution in [3.63, 3.8) is 0 Å². The number of ether oxygens (including phenoxy) is 2. The molecule has 0 saturated heterocycles. The lowest BCUT2D eigenvalue weighted by molar-refractivity contribution is 0.216. The molecule has 0 unspecified atom stereocenters. The van der Waals surface area contributed by atoms with Gasteiger partial charge in [0.2, 0.25) is 0 Å². The molecule has 146 valence electrons. The van der Waals surface area contributed by atoms with Crippen LogP contribution in [0.4, 0.5) is 0 Å².